The zero-order valence-electron chi connectivity index (χ0n) is 16.5. The number of hydrogen-bond acceptors (Lipinski definition) is 4. The van der Waals surface area contributed by atoms with Crippen LogP contribution in [0.3, 0.4) is 0 Å². The molecule has 0 aromatic heterocycles. The number of benzene rings is 2. The van der Waals surface area contributed by atoms with Crippen LogP contribution in [0.4, 0.5) is 11.4 Å². The van der Waals surface area contributed by atoms with Gasteiger partial charge >= 0.3 is 0 Å². The molecule has 0 spiro atoms. The van der Waals surface area contributed by atoms with E-state index in [0.29, 0.717) is 19.1 Å². The van der Waals surface area contributed by atoms with Gasteiger partial charge in [0.15, 0.2) is 0 Å². The number of amides is 1. The van der Waals surface area contributed by atoms with Gasteiger partial charge in [0.1, 0.15) is 11.5 Å². The molecule has 0 atom stereocenters. The van der Waals surface area contributed by atoms with E-state index in [1.807, 2.05) is 48.5 Å². The monoisotopic (exact) mass is 370 g/mol. The maximum atomic E-state index is 12.3. The van der Waals surface area contributed by atoms with E-state index in [2.05, 4.69) is 31.4 Å². The fourth-order valence-corrected chi connectivity index (χ4v) is 2.37. The molecule has 2 aromatic carbocycles. The lowest BCUT2D eigenvalue weighted by molar-refractivity contribution is -0.114. The smallest absolute Gasteiger partial charge is 0.243 e. The third-order valence-electron chi connectivity index (χ3n) is 3.78. The second-order valence-corrected chi connectivity index (χ2v) is 6.83. The molecule has 146 valence electrons. The van der Waals surface area contributed by atoms with Crippen LogP contribution in [-0.2, 0) is 4.79 Å². The van der Waals surface area contributed by atoms with Crippen molar-refractivity contribution in [2.75, 3.05) is 30.4 Å². The molecule has 0 bridgehead atoms. The Kier molecular flexibility index (Phi) is 8.49. The van der Waals surface area contributed by atoms with E-state index in [0.717, 1.165) is 35.7 Å². The Morgan fingerprint density at radius 1 is 1.07 bits per heavy atom. The number of rotatable bonds is 11. The zero-order chi connectivity index (χ0) is 19.5. The molecule has 0 aliphatic carbocycles. The lowest BCUT2D eigenvalue weighted by Crippen LogP contribution is -2.22. The van der Waals surface area contributed by atoms with Crippen molar-refractivity contribution in [3.63, 3.8) is 0 Å². The molecule has 0 unspecified atom stereocenters. The van der Waals surface area contributed by atoms with Gasteiger partial charge in [0.05, 0.1) is 25.4 Å². The van der Waals surface area contributed by atoms with Gasteiger partial charge in [-0.2, -0.15) is 0 Å². The highest BCUT2D eigenvalue weighted by Crippen LogP contribution is 2.24. The van der Waals surface area contributed by atoms with Gasteiger partial charge in [-0.15, -0.1) is 0 Å². The average Bonchev–Trinajstić information content (AvgIpc) is 2.66. The molecule has 5 nitrogen and oxygen atoms in total. The molecule has 27 heavy (non-hydrogen) atoms. The summed E-state index contributed by atoms with van der Waals surface area (Å²) in [7, 11) is 0. The summed E-state index contributed by atoms with van der Waals surface area (Å²) >= 11 is 0. The standard InChI is InChI=1S/C22H30N2O3/c1-4-5-13-26-21-12-7-6-11-20(21)23-15-22(25)24-18-9-8-10-19(14-18)27-16-17(2)3/h6-12,14,17,23H,4-5,13,15-16H2,1-3H3,(H,24,25). The second kappa shape index (κ2) is 11.1. The van der Waals surface area contributed by atoms with Crippen LogP contribution in [0.2, 0.25) is 0 Å². The normalized spacial score (nSPS) is 10.5. The minimum Gasteiger partial charge on any atom is -0.493 e. The molecule has 0 radical (unpaired) electrons. The van der Waals surface area contributed by atoms with E-state index in [1.54, 1.807) is 0 Å². The minimum absolute atomic E-state index is 0.126. The van der Waals surface area contributed by atoms with Gasteiger partial charge in [0.25, 0.3) is 0 Å². The van der Waals surface area contributed by atoms with E-state index in [9.17, 15) is 4.79 Å². The number of nitrogens with one attached hydrogen (secondary N) is 2. The highest BCUT2D eigenvalue weighted by molar-refractivity contribution is 5.94. The first-order valence-electron chi connectivity index (χ1n) is 9.57. The highest BCUT2D eigenvalue weighted by Gasteiger charge is 2.07. The molecule has 1 amide bonds. The van der Waals surface area contributed by atoms with Gasteiger partial charge in [-0.3, -0.25) is 4.79 Å². The van der Waals surface area contributed by atoms with Gasteiger partial charge in [-0.1, -0.05) is 45.4 Å². The van der Waals surface area contributed by atoms with Crippen LogP contribution in [0.5, 0.6) is 11.5 Å². The first-order chi connectivity index (χ1) is 13.1. The lowest BCUT2D eigenvalue weighted by Gasteiger charge is -2.13. The van der Waals surface area contributed by atoms with Gasteiger partial charge in [0.2, 0.25) is 5.91 Å². The quantitative estimate of drug-likeness (QED) is 0.549. The fraction of sp³-hybridized carbons (Fsp3) is 0.409. The summed E-state index contributed by atoms with van der Waals surface area (Å²) in [5.74, 6) is 1.85. The van der Waals surface area contributed by atoms with Crippen molar-refractivity contribution in [1.82, 2.24) is 0 Å². The number of unbranched alkanes of at least 4 members (excludes halogenated alkanes) is 1. The van der Waals surface area contributed by atoms with Crippen LogP contribution >= 0.6 is 0 Å². The molecule has 0 heterocycles. The average molecular weight is 370 g/mol. The topological polar surface area (TPSA) is 59.6 Å². The van der Waals surface area contributed by atoms with Crippen LogP contribution in [0.25, 0.3) is 0 Å². The molecule has 0 saturated carbocycles. The summed E-state index contributed by atoms with van der Waals surface area (Å²) in [5.41, 5.74) is 1.54. The minimum atomic E-state index is -0.126. The summed E-state index contributed by atoms with van der Waals surface area (Å²) < 4.78 is 11.5. The van der Waals surface area contributed by atoms with Crippen LogP contribution in [0, 0.1) is 5.92 Å². The molecular formula is C22H30N2O3. The predicted octanol–water partition coefficient (Wildman–Crippen LogP) is 4.95. The number of hydrogen-bond donors (Lipinski definition) is 2. The number of anilines is 2. The summed E-state index contributed by atoms with van der Waals surface area (Å²) in [6, 6.07) is 15.1. The van der Waals surface area contributed by atoms with E-state index >= 15 is 0 Å². The molecule has 5 heteroatoms. The molecular weight excluding hydrogens is 340 g/mol. The van der Waals surface area contributed by atoms with E-state index in [4.69, 9.17) is 9.47 Å². The molecule has 0 aliphatic rings. The Labute approximate surface area is 162 Å². The highest BCUT2D eigenvalue weighted by atomic mass is 16.5. The SMILES string of the molecule is CCCCOc1ccccc1NCC(=O)Nc1cccc(OCC(C)C)c1. The second-order valence-electron chi connectivity index (χ2n) is 6.83. The first kappa shape index (κ1) is 20.6. The number of ether oxygens (including phenoxy) is 2. The zero-order valence-corrected chi connectivity index (χ0v) is 16.5. The molecule has 0 aliphatic heterocycles. The Morgan fingerprint density at radius 2 is 1.89 bits per heavy atom. The van der Waals surface area contributed by atoms with E-state index in [1.165, 1.54) is 0 Å². The maximum absolute atomic E-state index is 12.3. The number of carbonyl (C=O) groups is 1. The van der Waals surface area contributed by atoms with Crippen LogP contribution in [0.1, 0.15) is 33.6 Å². The molecule has 2 rings (SSSR count). The summed E-state index contributed by atoms with van der Waals surface area (Å²) in [5, 5.41) is 6.04. The van der Waals surface area contributed by atoms with Crippen molar-refractivity contribution in [1.29, 1.82) is 0 Å². The fourth-order valence-electron chi connectivity index (χ4n) is 2.37. The predicted molar refractivity (Wildman–Crippen MR) is 111 cm³/mol. The third kappa shape index (κ3) is 7.60. The summed E-state index contributed by atoms with van der Waals surface area (Å²) in [4.78, 5) is 12.3. The number of para-hydroxylation sites is 2. The third-order valence-corrected chi connectivity index (χ3v) is 3.78. The number of carbonyl (C=O) groups excluding carboxylic acids is 1. The molecule has 2 N–H and O–H groups in total. The van der Waals surface area contributed by atoms with Gasteiger partial charge in [0, 0.05) is 11.8 Å². The van der Waals surface area contributed by atoms with E-state index in [-0.39, 0.29) is 12.5 Å². The van der Waals surface area contributed by atoms with Crippen molar-refractivity contribution in [3.05, 3.63) is 48.5 Å². The van der Waals surface area contributed by atoms with Gasteiger partial charge in [-0.25, -0.2) is 0 Å². The van der Waals surface area contributed by atoms with Gasteiger partial charge < -0.3 is 20.1 Å². The molecule has 0 fully saturated rings. The van der Waals surface area contributed by atoms with Crippen molar-refractivity contribution < 1.29 is 14.3 Å². The lowest BCUT2D eigenvalue weighted by atomic mass is 10.2. The van der Waals surface area contributed by atoms with Gasteiger partial charge in [-0.05, 0) is 36.6 Å². The molecule has 0 saturated heterocycles. The van der Waals surface area contributed by atoms with Crippen molar-refractivity contribution in [2.45, 2.75) is 33.6 Å². The summed E-state index contributed by atoms with van der Waals surface area (Å²) in [6.07, 6.45) is 2.09. The first-order valence-corrected chi connectivity index (χ1v) is 9.57. The Hall–Kier alpha value is -2.69. The maximum Gasteiger partial charge on any atom is 0.243 e. The van der Waals surface area contributed by atoms with Crippen LogP contribution in [0.15, 0.2) is 48.5 Å². The summed E-state index contributed by atoms with van der Waals surface area (Å²) in [6.45, 7) is 7.80. The Balaban J connectivity index is 1.87. The molecule has 2 aromatic rings. The van der Waals surface area contributed by atoms with Crippen LogP contribution < -0.4 is 20.1 Å². The Bertz CT molecular complexity index is 716. The van der Waals surface area contributed by atoms with E-state index < -0.39 is 0 Å². The van der Waals surface area contributed by atoms with Crippen molar-refractivity contribution >= 4 is 17.3 Å². The largest absolute Gasteiger partial charge is 0.493 e. The van der Waals surface area contributed by atoms with Crippen LogP contribution in [-0.4, -0.2) is 25.7 Å². The Morgan fingerprint density at radius 3 is 2.67 bits per heavy atom. The van der Waals surface area contributed by atoms with Crippen molar-refractivity contribution in [2.24, 2.45) is 5.92 Å². The van der Waals surface area contributed by atoms with Crippen molar-refractivity contribution in [3.8, 4) is 11.5 Å².